The zero-order chi connectivity index (χ0) is 15.6. The summed E-state index contributed by atoms with van der Waals surface area (Å²) in [5.74, 6) is 1.47. The van der Waals surface area contributed by atoms with Gasteiger partial charge in [-0.1, -0.05) is 11.8 Å². The van der Waals surface area contributed by atoms with Crippen LogP contribution in [0.2, 0.25) is 0 Å². The van der Waals surface area contributed by atoms with Crippen molar-refractivity contribution in [2.75, 3.05) is 25.6 Å². The molecule has 23 heavy (non-hydrogen) atoms. The normalized spacial score (nSPS) is 15.7. The molecule has 1 aromatic carbocycles. The van der Waals surface area contributed by atoms with Gasteiger partial charge in [0.2, 0.25) is 5.16 Å². The lowest BCUT2D eigenvalue weighted by Crippen LogP contribution is -2.11. The van der Waals surface area contributed by atoms with E-state index in [1.165, 1.54) is 11.8 Å². The molecule has 3 aromatic rings. The third-order valence-electron chi connectivity index (χ3n) is 3.52. The predicted octanol–water partition coefficient (Wildman–Crippen LogP) is 2.37. The molecule has 8 heteroatoms. The molecule has 1 N–H and O–H groups in total. The Morgan fingerprint density at radius 3 is 3.00 bits per heavy atom. The highest BCUT2D eigenvalue weighted by molar-refractivity contribution is 7.99. The van der Waals surface area contributed by atoms with Crippen LogP contribution in [0.3, 0.4) is 0 Å². The van der Waals surface area contributed by atoms with E-state index < -0.39 is 0 Å². The SMILES string of the molecule is CCOc1ccc2[nH]c3nc(SCC4OCCO4)nnc3c2c1. The number of aromatic amines is 1. The maximum absolute atomic E-state index is 5.54. The molecule has 0 amide bonds. The molecule has 2 aromatic heterocycles. The Kier molecular flexibility index (Phi) is 4.02. The lowest BCUT2D eigenvalue weighted by molar-refractivity contribution is -0.0215. The molecule has 120 valence electrons. The van der Waals surface area contributed by atoms with Gasteiger partial charge in [-0.15, -0.1) is 10.2 Å². The highest BCUT2D eigenvalue weighted by Crippen LogP contribution is 2.27. The molecule has 0 saturated carbocycles. The Morgan fingerprint density at radius 2 is 2.17 bits per heavy atom. The van der Waals surface area contributed by atoms with Crippen LogP contribution in [-0.2, 0) is 9.47 Å². The fraction of sp³-hybridized carbons (Fsp3) is 0.400. The van der Waals surface area contributed by atoms with Gasteiger partial charge in [-0.05, 0) is 25.1 Å². The highest BCUT2D eigenvalue weighted by atomic mass is 32.2. The summed E-state index contributed by atoms with van der Waals surface area (Å²) in [6.07, 6.45) is -0.184. The first-order valence-corrected chi connectivity index (χ1v) is 8.47. The minimum Gasteiger partial charge on any atom is -0.494 e. The summed E-state index contributed by atoms with van der Waals surface area (Å²) >= 11 is 1.47. The number of hydrogen-bond acceptors (Lipinski definition) is 7. The second-order valence-corrected chi connectivity index (χ2v) is 6.03. The summed E-state index contributed by atoms with van der Waals surface area (Å²) in [4.78, 5) is 7.80. The van der Waals surface area contributed by atoms with Crippen molar-refractivity contribution in [3.63, 3.8) is 0 Å². The molecule has 1 saturated heterocycles. The van der Waals surface area contributed by atoms with Crippen molar-refractivity contribution in [1.82, 2.24) is 20.2 Å². The number of ether oxygens (including phenoxy) is 3. The third-order valence-corrected chi connectivity index (χ3v) is 4.39. The fourth-order valence-electron chi connectivity index (χ4n) is 2.50. The van der Waals surface area contributed by atoms with Crippen LogP contribution in [0.4, 0.5) is 0 Å². The van der Waals surface area contributed by atoms with Crippen molar-refractivity contribution in [2.45, 2.75) is 18.4 Å². The molecular formula is C15H16N4O3S. The van der Waals surface area contributed by atoms with Crippen molar-refractivity contribution >= 4 is 33.8 Å². The number of thioether (sulfide) groups is 1. The zero-order valence-corrected chi connectivity index (χ0v) is 13.4. The number of nitrogens with one attached hydrogen (secondary N) is 1. The number of aromatic nitrogens is 4. The minimum atomic E-state index is -0.184. The number of nitrogens with zero attached hydrogens (tertiary/aromatic N) is 3. The van der Waals surface area contributed by atoms with Crippen LogP contribution >= 0.6 is 11.8 Å². The standard InChI is InChI=1S/C15H16N4O3S/c1-2-20-9-3-4-11-10(7-9)13-14(16-11)17-15(19-18-13)23-8-12-21-5-6-22-12/h3-4,7,12H,2,5-6,8H2,1H3,(H,16,17,19). The van der Waals surface area contributed by atoms with Gasteiger partial charge in [0.15, 0.2) is 11.9 Å². The molecule has 1 aliphatic heterocycles. The monoisotopic (exact) mass is 332 g/mol. The molecule has 7 nitrogen and oxygen atoms in total. The van der Waals surface area contributed by atoms with E-state index in [1.54, 1.807) is 0 Å². The van der Waals surface area contributed by atoms with Crippen molar-refractivity contribution in [1.29, 1.82) is 0 Å². The third kappa shape index (κ3) is 2.97. The van der Waals surface area contributed by atoms with Crippen LogP contribution in [0.15, 0.2) is 23.4 Å². The van der Waals surface area contributed by atoms with Crippen molar-refractivity contribution in [3.05, 3.63) is 18.2 Å². The summed E-state index contributed by atoms with van der Waals surface area (Å²) < 4.78 is 16.3. The smallest absolute Gasteiger partial charge is 0.211 e. The summed E-state index contributed by atoms with van der Waals surface area (Å²) in [6.45, 7) is 3.88. The molecule has 0 bridgehead atoms. The van der Waals surface area contributed by atoms with E-state index >= 15 is 0 Å². The molecule has 3 heterocycles. The molecule has 0 atom stereocenters. The van der Waals surface area contributed by atoms with E-state index in [0.29, 0.717) is 30.7 Å². The van der Waals surface area contributed by atoms with Gasteiger partial charge in [0.25, 0.3) is 0 Å². The topological polar surface area (TPSA) is 82.2 Å². The molecule has 0 unspecified atom stereocenters. The fourth-order valence-corrected chi connectivity index (χ4v) is 3.23. The van der Waals surface area contributed by atoms with E-state index in [-0.39, 0.29) is 6.29 Å². The lowest BCUT2D eigenvalue weighted by Gasteiger charge is -2.06. The Hall–Kier alpha value is -1.90. The van der Waals surface area contributed by atoms with E-state index in [2.05, 4.69) is 20.2 Å². The Bertz CT molecular complexity index is 832. The van der Waals surface area contributed by atoms with Gasteiger partial charge >= 0.3 is 0 Å². The summed E-state index contributed by atoms with van der Waals surface area (Å²) in [7, 11) is 0. The number of H-pyrrole nitrogens is 1. The van der Waals surface area contributed by atoms with E-state index in [9.17, 15) is 0 Å². The molecule has 0 aliphatic carbocycles. The van der Waals surface area contributed by atoms with E-state index in [1.807, 2.05) is 25.1 Å². The maximum atomic E-state index is 5.54. The Morgan fingerprint density at radius 1 is 1.30 bits per heavy atom. The van der Waals surface area contributed by atoms with Gasteiger partial charge in [0.1, 0.15) is 11.3 Å². The second-order valence-electron chi connectivity index (χ2n) is 5.04. The Balaban J connectivity index is 1.61. The van der Waals surface area contributed by atoms with Crippen LogP contribution in [0.1, 0.15) is 6.92 Å². The lowest BCUT2D eigenvalue weighted by atomic mass is 10.2. The average molecular weight is 332 g/mol. The molecule has 0 spiro atoms. The summed E-state index contributed by atoms with van der Waals surface area (Å²) in [6, 6.07) is 5.86. The van der Waals surface area contributed by atoms with Crippen molar-refractivity contribution < 1.29 is 14.2 Å². The van der Waals surface area contributed by atoms with Crippen molar-refractivity contribution in [3.8, 4) is 5.75 Å². The average Bonchev–Trinajstić information content (AvgIpc) is 3.20. The van der Waals surface area contributed by atoms with Gasteiger partial charge in [-0.2, -0.15) is 0 Å². The molecular weight excluding hydrogens is 316 g/mol. The predicted molar refractivity (Wildman–Crippen MR) is 86.8 cm³/mol. The first kappa shape index (κ1) is 14.7. The zero-order valence-electron chi connectivity index (χ0n) is 12.6. The van der Waals surface area contributed by atoms with Gasteiger partial charge in [-0.25, -0.2) is 4.98 Å². The largest absolute Gasteiger partial charge is 0.494 e. The van der Waals surface area contributed by atoms with Crippen LogP contribution < -0.4 is 4.74 Å². The minimum absolute atomic E-state index is 0.184. The van der Waals surface area contributed by atoms with Gasteiger partial charge in [-0.3, -0.25) is 0 Å². The molecule has 0 radical (unpaired) electrons. The number of benzene rings is 1. The summed E-state index contributed by atoms with van der Waals surface area (Å²) in [5.41, 5.74) is 2.44. The van der Waals surface area contributed by atoms with Gasteiger partial charge in [0.05, 0.1) is 25.6 Å². The van der Waals surface area contributed by atoms with E-state index in [0.717, 1.165) is 27.8 Å². The first-order valence-electron chi connectivity index (χ1n) is 7.48. The summed E-state index contributed by atoms with van der Waals surface area (Å²) in [5, 5.41) is 10.1. The quantitative estimate of drug-likeness (QED) is 0.718. The first-order chi connectivity index (χ1) is 11.3. The Labute approximate surface area is 136 Å². The van der Waals surface area contributed by atoms with Crippen molar-refractivity contribution in [2.24, 2.45) is 0 Å². The van der Waals surface area contributed by atoms with Gasteiger partial charge in [0, 0.05) is 10.9 Å². The van der Waals surface area contributed by atoms with Gasteiger partial charge < -0.3 is 19.2 Å². The molecule has 1 aliphatic rings. The number of fused-ring (bicyclic) bond motifs is 3. The van der Waals surface area contributed by atoms with Crippen LogP contribution in [-0.4, -0.2) is 52.0 Å². The molecule has 4 rings (SSSR count). The maximum Gasteiger partial charge on any atom is 0.211 e. The number of rotatable bonds is 5. The number of hydrogen-bond donors (Lipinski definition) is 1. The van der Waals surface area contributed by atoms with E-state index in [4.69, 9.17) is 14.2 Å². The van der Waals surface area contributed by atoms with Crippen LogP contribution in [0.25, 0.3) is 22.1 Å². The highest BCUT2D eigenvalue weighted by Gasteiger charge is 2.17. The van der Waals surface area contributed by atoms with Crippen LogP contribution in [0.5, 0.6) is 5.75 Å². The van der Waals surface area contributed by atoms with Crippen LogP contribution in [0, 0.1) is 0 Å². The second kappa shape index (κ2) is 6.31. The molecule has 1 fully saturated rings.